The molecule has 5 nitrogen and oxygen atoms in total. The Labute approximate surface area is 131 Å². The van der Waals surface area contributed by atoms with E-state index < -0.39 is 0 Å². The molecule has 0 spiro atoms. The van der Waals surface area contributed by atoms with Crippen molar-refractivity contribution >= 4 is 5.91 Å². The number of nitrogens with two attached hydrogens (primary N) is 1. The summed E-state index contributed by atoms with van der Waals surface area (Å²) in [6, 6.07) is 3.48. The topological polar surface area (TPSA) is 75.8 Å². The normalized spacial score (nSPS) is 18.9. The summed E-state index contributed by atoms with van der Waals surface area (Å²) in [6.07, 6.45) is 5.33. The van der Waals surface area contributed by atoms with E-state index in [2.05, 4.69) is 6.58 Å². The van der Waals surface area contributed by atoms with Crippen LogP contribution >= 0.6 is 0 Å². The molecule has 1 aromatic rings. The maximum absolute atomic E-state index is 11.6. The average molecular weight is 304 g/mol. The van der Waals surface area contributed by atoms with Gasteiger partial charge in [0.25, 0.3) is 0 Å². The van der Waals surface area contributed by atoms with Gasteiger partial charge in [0, 0.05) is 12.1 Å². The van der Waals surface area contributed by atoms with Crippen LogP contribution in [-0.4, -0.2) is 35.6 Å². The summed E-state index contributed by atoms with van der Waals surface area (Å²) in [5.41, 5.74) is 7.28. The van der Waals surface area contributed by atoms with Crippen LogP contribution in [0.2, 0.25) is 0 Å². The molecule has 1 aliphatic rings. The molecular formula is C17H24N2O3. The molecule has 1 heterocycles. The summed E-state index contributed by atoms with van der Waals surface area (Å²) in [7, 11) is 1.53. The molecule has 5 heteroatoms. The zero-order valence-corrected chi connectivity index (χ0v) is 13.0. The Bertz CT molecular complexity index is 557. The number of phenols is 1. The highest BCUT2D eigenvalue weighted by molar-refractivity contribution is 5.79. The number of ether oxygens (including phenoxy) is 1. The second kappa shape index (κ2) is 7.31. The minimum Gasteiger partial charge on any atom is -0.504 e. The fourth-order valence-corrected chi connectivity index (χ4v) is 3.01. The first-order valence-corrected chi connectivity index (χ1v) is 7.59. The highest BCUT2D eigenvalue weighted by atomic mass is 16.5. The third-order valence-electron chi connectivity index (χ3n) is 4.13. The molecule has 1 saturated heterocycles. The fourth-order valence-electron chi connectivity index (χ4n) is 3.01. The van der Waals surface area contributed by atoms with Crippen LogP contribution in [0.4, 0.5) is 0 Å². The van der Waals surface area contributed by atoms with Crippen LogP contribution in [-0.2, 0) is 17.8 Å². The molecule has 0 radical (unpaired) electrons. The lowest BCUT2D eigenvalue weighted by Crippen LogP contribution is -2.47. The van der Waals surface area contributed by atoms with Gasteiger partial charge in [-0.25, -0.2) is 0 Å². The van der Waals surface area contributed by atoms with Crippen molar-refractivity contribution in [2.45, 2.75) is 38.3 Å². The van der Waals surface area contributed by atoms with E-state index in [0.717, 1.165) is 36.9 Å². The van der Waals surface area contributed by atoms with Gasteiger partial charge in [-0.05, 0) is 37.4 Å². The van der Waals surface area contributed by atoms with Crippen molar-refractivity contribution < 1.29 is 14.6 Å². The van der Waals surface area contributed by atoms with Crippen molar-refractivity contribution in [3.63, 3.8) is 0 Å². The highest BCUT2D eigenvalue weighted by Crippen LogP contribution is 2.33. The number of hydrogen-bond acceptors (Lipinski definition) is 4. The molecule has 1 fully saturated rings. The number of allylic oxidation sites excluding steroid dienone is 1. The molecule has 1 amide bonds. The summed E-state index contributed by atoms with van der Waals surface area (Å²) in [5, 5.41) is 10.3. The third kappa shape index (κ3) is 3.60. The minimum absolute atomic E-state index is 0.129. The zero-order chi connectivity index (χ0) is 16.1. The van der Waals surface area contributed by atoms with E-state index >= 15 is 0 Å². The smallest absolute Gasteiger partial charge is 0.234 e. The summed E-state index contributed by atoms with van der Waals surface area (Å²) in [5.74, 6) is 0.277. The zero-order valence-electron chi connectivity index (χ0n) is 13.0. The number of carbonyl (C=O) groups excluding carboxylic acids is 1. The standard InChI is InChI=1S/C17H24N2O3/c1-3-6-12-9-13(16(20)15(10-12)22-2)11-19-8-5-4-7-14(19)17(18)21/h3,9-10,14,20H,1,4-8,11H2,2H3,(H2,18,21)/t14-/m0/s1. The monoisotopic (exact) mass is 304 g/mol. The molecule has 1 aromatic carbocycles. The Balaban J connectivity index is 2.28. The van der Waals surface area contributed by atoms with Crippen LogP contribution in [0, 0.1) is 0 Å². The Morgan fingerprint density at radius 2 is 2.32 bits per heavy atom. The van der Waals surface area contributed by atoms with Gasteiger partial charge in [-0.15, -0.1) is 6.58 Å². The van der Waals surface area contributed by atoms with E-state index in [4.69, 9.17) is 10.5 Å². The Morgan fingerprint density at radius 3 is 2.95 bits per heavy atom. The molecule has 120 valence electrons. The van der Waals surface area contributed by atoms with Crippen LogP contribution in [0.1, 0.15) is 30.4 Å². The summed E-state index contributed by atoms with van der Waals surface area (Å²) >= 11 is 0. The Morgan fingerprint density at radius 1 is 1.55 bits per heavy atom. The van der Waals surface area contributed by atoms with Gasteiger partial charge < -0.3 is 15.6 Å². The van der Waals surface area contributed by atoms with Crippen LogP contribution in [0.5, 0.6) is 11.5 Å². The largest absolute Gasteiger partial charge is 0.504 e. The molecular weight excluding hydrogens is 280 g/mol. The van der Waals surface area contributed by atoms with Crippen LogP contribution in [0.3, 0.4) is 0 Å². The van der Waals surface area contributed by atoms with Gasteiger partial charge >= 0.3 is 0 Å². The van der Waals surface area contributed by atoms with E-state index in [0.29, 0.717) is 18.7 Å². The first-order valence-electron chi connectivity index (χ1n) is 7.59. The lowest BCUT2D eigenvalue weighted by molar-refractivity contribution is -0.124. The second-order valence-corrected chi connectivity index (χ2v) is 5.68. The van der Waals surface area contributed by atoms with Crippen molar-refractivity contribution in [1.29, 1.82) is 0 Å². The van der Waals surface area contributed by atoms with Gasteiger partial charge in [-0.3, -0.25) is 9.69 Å². The van der Waals surface area contributed by atoms with Gasteiger partial charge in [0.05, 0.1) is 13.2 Å². The van der Waals surface area contributed by atoms with Crippen LogP contribution in [0.25, 0.3) is 0 Å². The molecule has 1 aliphatic heterocycles. The van der Waals surface area contributed by atoms with Gasteiger partial charge in [-0.2, -0.15) is 0 Å². The lowest BCUT2D eigenvalue weighted by Gasteiger charge is -2.33. The van der Waals surface area contributed by atoms with E-state index in [-0.39, 0.29) is 17.7 Å². The average Bonchev–Trinajstić information content (AvgIpc) is 2.51. The summed E-state index contributed by atoms with van der Waals surface area (Å²) in [6.45, 7) is 5.03. The second-order valence-electron chi connectivity index (χ2n) is 5.68. The molecule has 0 aromatic heterocycles. The maximum atomic E-state index is 11.6. The van der Waals surface area contributed by atoms with Gasteiger partial charge in [-0.1, -0.05) is 18.6 Å². The van der Waals surface area contributed by atoms with E-state index in [1.54, 1.807) is 0 Å². The summed E-state index contributed by atoms with van der Waals surface area (Å²) in [4.78, 5) is 13.7. The first kappa shape index (κ1) is 16.4. The number of carbonyl (C=O) groups is 1. The Hall–Kier alpha value is -2.01. The van der Waals surface area contributed by atoms with Crippen molar-refractivity contribution in [3.8, 4) is 11.5 Å². The third-order valence-corrected chi connectivity index (χ3v) is 4.13. The Kier molecular flexibility index (Phi) is 5.44. The van der Waals surface area contributed by atoms with Crippen molar-refractivity contribution in [2.24, 2.45) is 5.73 Å². The van der Waals surface area contributed by atoms with Gasteiger partial charge in [0.1, 0.15) is 0 Å². The SMILES string of the molecule is C=CCc1cc(CN2CCCC[C@H]2C(N)=O)c(O)c(OC)c1. The van der Waals surface area contributed by atoms with Gasteiger partial charge in [0.2, 0.25) is 5.91 Å². The van der Waals surface area contributed by atoms with E-state index in [9.17, 15) is 9.90 Å². The molecule has 22 heavy (non-hydrogen) atoms. The number of likely N-dealkylation sites (tertiary alicyclic amines) is 1. The van der Waals surface area contributed by atoms with E-state index in [1.165, 1.54) is 7.11 Å². The molecule has 0 unspecified atom stereocenters. The number of amides is 1. The van der Waals surface area contributed by atoms with Crippen LogP contribution in [0.15, 0.2) is 24.8 Å². The number of rotatable bonds is 6. The quantitative estimate of drug-likeness (QED) is 0.788. The number of phenolic OH excluding ortho intramolecular Hbond substituents is 1. The number of hydrogen-bond donors (Lipinski definition) is 2. The number of benzene rings is 1. The van der Waals surface area contributed by atoms with Crippen molar-refractivity contribution in [1.82, 2.24) is 4.90 Å². The number of methoxy groups -OCH3 is 1. The highest BCUT2D eigenvalue weighted by Gasteiger charge is 2.27. The number of piperidine rings is 1. The van der Waals surface area contributed by atoms with Crippen molar-refractivity contribution in [2.75, 3.05) is 13.7 Å². The van der Waals surface area contributed by atoms with E-state index in [1.807, 2.05) is 23.1 Å². The number of aromatic hydroxyl groups is 1. The first-order chi connectivity index (χ1) is 10.6. The van der Waals surface area contributed by atoms with Crippen molar-refractivity contribution in [3.05, 3.63) is 35.9 Å². The lowest BCUT2D eigenvalue weighted by atomic mass is 9.99. The number of primary amides is 1. The maximum Gasteiger partial charge on any atom is 0.234 e. The fraction of sp³-hybridized carbons (Fsp3) is 0.471. The predicted molar refractivity (Wildman–Crippen MR) is 85.8 cm³/mol. The van der Waals surface area contributed by atoms with Crippen LogP contribution < -0.4 is 10.5 Å². The molecule has 0 bridgehead atoms. The minimum atomic E-state index is -0.298. The molecule has 0 saturated carbocycles. The molecule has 3 N–H and O–H groups in total. The van der Waals surface area contributed by atoms with Gasteiger partial charge in [0.15, 0.2) is 11.5 Å². The molecule has 0 aliphatic carbocycles. The predicted octanol–water partition coefficient (Wildman–Crippen LogP) is 1.97. The summed E-state index contributed by atoms with van der Waals surface area (Å²) < 4.78 is 5.24. The molecule has 2 rings (SSSR count). The molecule has 1 atom stereocenters. The number of nitrogens with zero attached hydrogens (tertiary/aromatic N) is 1.